The van der Waals surface area contributed by atoms with E-state index < -0.39 is 18.2 Å². The number of amides is 1. The van der Waals surface area contributed by atoms with E-state index in [1.807, 2.05) is 43.3 Å². The summed E-state index contributed by atoms with van der Waals surface area (Å²) in [6, 6.07) is 19.8. The van der Waals surface area contributed by atoms with Crippen LogP contribution < -0.4 is 9.47 Å². The molecule has 226 valence electrons. The Bertz CT molecular complexity index is 1250. The molecule has 0 bridgehead atoms. The number of rotatable bonds is 17. The maximum Gasteiger partial charge on any atom is 0.415 e. The minimum absolute atomic E-state index is 0.255. The number of halogens is 2. The summed E-state index contributed by atoms with van der Waals surface area (Å²) in [5.74, 6) is 0.0955. The maximum atomic E-state index is 13.0. The fourth-order valence-electron chi connectivity index (χ4n) is 4.09. The summed E-state index contributed by atoms with van der Waals surface area (Å²) in [7, 11) is 0. The van der Waals surface area contributed by atoms with Crippen molar-refractivity contribution in [3.8, 4) is 11.5 Å². The van der Waals surface area contributed by atoms with Crippen LogP contribution in [0.4, 0.5) is 4.79 Å². The van der Waals surface area contributed by atoms with E-state index in [2.05, 4.69) is 0 Å². The topological polar surface area (TPSA) is 94.5 Å². The number of hydrogen-bond donors (Lipinski definition) is 1. The van der Waals surface area contributed by atoms with Gasteiger partial charge in [0, 0.05) is 36.2 Å². The minimum Gasteiger partial charge on any atom is -0.492 e. The lowest BCUT2D eigenvalue weighted by Crippen LogP contribution is -2.37. The van der Waals surface area contributed by atoms with Crippen molar-refractivity contribution in [1.82, 2.24) is 4.90 Å². The van der Waals surface area contributed by atoms with Gasteiger partial charge in [0.05, 0.1) is 13.2 Å². The van der Waals surface area contributed by atoms with Gasteiger partial charge in [-0.05, 0) is 80.3 Å². The van der Waals surface area contributed by atoms with Crippen LogP contribution in [0, 0.1) is 6.92 Å². The Morgan fingerprint density at radius 3 is 2.17 bits per heavy atom. The van der Waals surface area contributed by atoms with Gasteiger partial charge in [-0.1, -0.05) is 53.0 Å². The summed E-state index contributed by atoms with van der Waals surface area (Å²) in [5, 5.41) is 10.4. The Morgan fingerprint density at radius 2 is 1.52 bits per heavy atom. The Hall–Kier alpha value is -3.30. The first-order valence-corrected chi connectivity index (χ1v) is 14.6. The van der Waals surface area contributed by atoms with Crippen molar-refractivity contribution in [3.63, 3.8) is 0 Å². The van der Waals surface area contributed by atoms with Crippen molar-refractivity contribution in [2.45, 2.75) is 45.8 Å². The molecule has 10 heteroatoms. The molecule has 0 aliphatic rings. The lowest BCUT2D eigenvalue weighted by Gasteiger charge is -2.22. The van der Waals surface area contributed by atoms with Crippen molar-refractivity contribution in [3.05, 3.63) is 93.5 Å². The normalized spacial score (nSPS) is 11.6. The first kappa shape index (κ1) is 33.2. The molecule has 0 aliphatic heterocycles. The largest absolute Gasteiger partial charge is 0.492 e. The Kier molecular flexibility index (Phi) is 13.9. The van der Waals surface area contributed by atoms with Crippen molar-refractivity contribution in [2.75, 3.05) is 32.9 Å². The van der Waals surface area contributed by atoms with E-state index >= 15 is 0 Å². The number of carbonyl (C=O) groups excluding carboxylic acids is 1. The molecular weight excluding hydrogens is 581 g/mol. The highest BCUT2D eigenvalue weighted by Gasteiger charge is 2.18. The number of carboxylic acid groups (broad SMARTS) is 1. The fourth-order valence-corrected chi connectivity index (χ4v) is 4.66. The van der Waals surface area contributed by atoms with Gasteiger partial charge in [-0.25, -0.2) is 9.59 Å². The van der Waals surface area contributed by atoms with Crippen molar-refractivity contribution in [1.29, 1.82) is 0 Å². The van der Waals surface area contributed by atoms with E-state index in [4.69, 9.17) is 42.1 Å². The molecule has 0 heterocycles. The molecule has 3 rings (SSSR count). The Labute approximate surface area is 257 Å². The standard InChI is InChI=1S/C32H37Cl2NO7/c1-3-40-30(31(36)37)20-24-8-12-28(13-9-24)41-17-15-35(32(38)42-29-10-6-23(2)7-11-29)14-4-5-16-39-22-25-18-26(33)21-27(34)19-25/h6-13,18-19,21,30H,3-5,14-17,20,22H2,1-2H3,(H,36,37). The lowest BCUT2D eigenvalue weighted by atomic mass is 10.1. The van der Waals surface area contributed by atoms with E-state index in [9.17, 15) is 14.7 Å². The van der Waals surface area contributed by atoms with E-state index in [1.165, 1.54) is 0 Å². The Balaban J connectivity index is 1.49. The number of carboxylic acids is 1. The zero-order valence-corrected chi connectivity index (χ0v) is 25.4. The first-order chi connectivity index (χ1) is 20.2. The molecule has 0 radical (unpaired) electrons. The second kappa shape index (κ2) is 17.6. The molecule has 1 unspecified atom stereocenters. The number of aliphatic carboxylic acids is 1. The highest BCUT2D eigenvalue weighted by Crippen LogP contribution is 2.20. The van der Waals surface area contributed by atoms with Gasteiger partial charge in [0.2, 0.25) is 0 Å². The molecule has 3 aromatic carbocycles. The number of hydrogen-bond acceptors (Lipinski definition) is 6. The zero-order valence-electron chi connectivity index (χ0n) is 23.9. The molecule has 1 atom stereocenters. The highest BCUT2D eigenvalue weighted by atomic mass is 35.5. The highest BCUT2D eigenvalue weighted by molar-refractivity contribution is 6.34. The van der Waals surface area contributed by atoms with Gasteiger partial charge < -0.3 is 29.0 Å². The number of nitrogens with zero attached hydrogens (tertiary/aromatic N) is 1. The summed E-state index contributed by atoms with van der Waals surface area (Å²) >= 11 is 12.1. The predicted molar refractivity (Wildman–Crippen MR) is 163 cm³/mol. The van der Waals surface area contributed by atoms with Crippen LogP contribution in [-0.2, 0) is 27.3 Å². The summed E-state index contributed by atoms with van der Waals surface area (Å²) in [5.41, 5.74) is 2.80. The zero-order chi connectivity index (χ0) is 30.3. The SMILES string of the molecule is CCOC(Cc1ccc(OCCN(CCCCOCc2cc(Cl)cc(Cl)c2)C(=O)Oc2ccc(C)cc2)cc1)C(=O)O. The van der Waals surface area contributed by atoms with Crippen LogP contribution in [0.1, 0.15) is 36.5 Å². The molecule has 3 aromatic rings. The average Bonchev–Trinajstić information content (AvgIpc) is 2.95. The van der Waals surface area contributed by atoms with Gasteiger partial charge in [0.1, 0.15) is 18.1 Å². The summed E-state index contributed by atoms with van der Waals surface area (Å²) in [4.78, 5) is 26.0. The quantitative estimate of drug-likeness (QED) is 0.160. The summed E-state index contributed by atoms with van der Waals surface area (Å²) in [6.07, 6.45) is 0.361. The monoisotopic (exact) mass is 617 g/mol. The van der Waals surface area contributed by atoms with Gasteiger partial charge in [-0.3, -0.25) is 0 Å². The first-order valence-electron chi connectivity index (χ1n) is 13.9. The molecule has 1 N–H and O–H groups in total. The number of aryl methyl sites for hydroxylation is 1. The average molecular weight is 619 g/mol. The van der Waals surface area contributed by atoms with E-state index in [0.29, 0.717) is 60.9 Å². The molecular formula is C32H37Cl2NO7. The summed E-state index contributed by atoms with van der Waals surface area (Å²) in [6.45, 7) is 6.01. The number of benzene rings is 3. The number of unbranched alkanes of at least 4 members (excludes halogenated alkanes) is 1. The van der Waals surface area contributed by atoms with Crippen LogP contribution in [0.2, 0.25) is 10.0 Å². The second-order valence-corrected chi connectivity index (χ2v) is 10.6. The third kappa shape index (κ3) is 11.9. The van der Waals surface area contributed by atoms with Gasteiger partial charge >= 0.3 is 12.1 Å². The van der Waals surface area contributed by atoms with Gasteiger partial charge in [-0.15, -0.1) is 0 Å². The third-order valence-corrected chi connectivity index (χ3v) is 6.70. The number of carbonyl (C=O) groups is 2. The lowest BCUT2D eigenvalue weighted by molar-refractivity contribution is -0.149. The van der Waals surface area contributed by atoms with E-state index in [-0.39, 0.29) is 13.0 Å². The minimum atomic E-state index is -0.993. The van der Waals surface area contributed by atoms with Gasteiger partial charge in [0.25, 0.3) is 0 Å². The molecule has 0 spiro atoms. The molecule has 1 amide bonds. The van der Waals surface area contributed by atoms with Gasteiger partial charge in [-0.2, -0.15) is 0 Å². The van der Waals surface area contributed by atoms with Crippen molar-refractivity contribution in [2.24, 2.45) is 0 Å². The van der Waals surface area contributed by atoms with Crippen LogP contribution in [-0.4, -0.2) is 61.1 Å². The second-order valence-electron chi connectivity index (χ2n) is 9.68. The smallest absolute Gasteiger partial charge is 0.415 e. The van der Waals surface area contributed by atoms with Crippen LogP contribution in [0.3, 0.4) is 0 Å². The van der Waals surface area contributed by atoms with Crippen LogP contribution >= 0.6 is 23.2 Å². The van der Waals surface area contributed by atoms with Crippen molar-refractivity contribution >= 4 is 35.3 Å². The maximum absolute atomic E-state index is 13.0. The van der Waals surface area contributed by atoms with Gasteiger partial charge in [0.15, 0.2) is 6.10 Å². The van der Waals surface area contributed by atoms with Crippen molar-refractivity contribution < 1.29 is 33.6 Å². The van der Waals surface area contributed by atoms with E-state index in [1.54, 1.807) is 42.2 Å². The third-order valence-electron chi connectivity index (χ3n) is 6.26. The molecule has 0 fully saturated rings. The van der Waals surface area contributed by atoms with E-state index in [0.717, 1.165) is 23.1 Å². The molecule has 42 heavy (non-hydrogen) atoms. The molecule has 8 nitrogen and oxygen atoms in total. The van der Waals surface area contributed by atoms with Crippen LogP contribution in [0.25, 0.3) is 0 Å². The summed E-state index contributed by atoms with van der Waals surface area (Å²) < 4.78 is 22.5. The van der Waals surface area contributed by atoms with Crippen LogP contribution in [0.15, 0.2) is 66.7 Å². The molecule has 0 aromatic heterocycles. The van der Waals surface area contributed by atoms with Crippen LogP contribution in [0.5, 0.6) is 11.5 Å². The number of ether oxygens (including phenoxy) is 4. The molecule has 0 saturated carbocycles. The predicted octanol–water partition coefficient (Wildman–Crippen LogP) is 7.21. The molecule has 0 saturated heterocycles. The fraction of sp³-hybridized carbons (Fsp3) is 0.375. The molecule has 0 aliphatic carbocycles. The Morgan fingerprint density at radius 1 is 0.857 bits per heavy atom.